The molecule has 4 heteroatoms. The lowest BCUT2D eigenvalue weighted by Crippen LogP contribution is -2.20. The summed E-state index contributed by atoms with van der Waals surface area (Å²) in [5.41, 5.74) is 0.694. The second kappa shape index (κ2) is 8.93. The number of hydrogen-bond acceptors (Lipinski definition) is 3. The molecule has 1 atom stereocenters. The first kappa shape index (κ1) is 16.9. The maximum absolute atomic E-state index is 14.0. The Bertz CT molecular complexity index is 396. The molecule has 1 unspecified atom stereocenters. The fourth-order valence-corrected chi connectivity index (χ4v) is 1.99. The summed E-state index contributed by atoms with van der Waals surface area (Å²) in [7, 11) is 4.05. The minimum atomic E-state index is -0.203. The summed E-state index contributed by atoms with van der Waals surface area (Å²) < 4.78 is 19.6. The highest BCUT2D eigenvalue weighted by Crippen LogP contribution is 2.22. The van der Waals surface area contributed by atoms with Crippen LogP contribution in [0.5, 0.6) is 5.75 Å². The monoisotopic (exact) mass is 282 g/mol. The van der Waals surface area contributed by atoms with Crippen molar-refractivity contribution in [2.45, 2.75) is 32.7 Å². The van der Waals surface area contributed by atoms with Gasteiger partial charge in [-0.05, 0) is 46.5 Å². The highest BCUT2D eigenvalue weighted by atomic mass is 19.1. The van der Waals surface area contributed by atoms with Crippen LogP contribution in [0.25, 0.3) is 0 Å². The van der Waals surface area contributed by atoms with Gasteiger partial charge in [-0.25, -0.2) is 4.39 Å². The van der Waals surface area contributed by atoms with Gasteiger partial charge in [-0.15, -0.1) is 0 Å². The largest absolute Gasteiger partial charge is 0.493 e. The molecule has 0 aliphatic rings. The summed E-state index contributed by atoms with van der Waals surface area (Å²) in [5.74, 6) is 0.402. The summed E-state index contributed by atoms with van der Waals surface area (Å²) >= 11 is 0. The Morgan fingerprint density at radius 3 is 2.70 bits per heavy atom. The standard InChI is InChI=1S/C16H27FN2O/c1-5-9-18-13(2)15-8-7-14(12-16(15)17)20-11-6-10-19(3)4/h7-8,12-13,18H,5-6,9-11H2,1-4H3. The number of hydrogen-bond donors (Lipinski definition) is 1. The van der Waals surface area contributed by atoms with Crippen LogP contribution in [0, 0.1) is 5.82 Å². The molecule has 1 N–H and O–H groups in total. The Morgan fingerprint density at radius 2 is 2.10 bits per heavy atom. The molecule has 0 saturated carbocycles. The molecule has 0 aliphatic heterocycles. The van der Waals surface area contributed by atoms with Crippen molar-refractivity contribution in [2.75, 3.05) is 33.8 Å². The van der Waals surface area contributed by atoms with Gasteiger partial charge >= 0.3 is 0 Å². The van der Waals surface area contributed by atoms with Crippen molar-refractivity contribution in [3.63, 3.8) is 0 Å². The Labute approximate surface area is 122 Å². The summed E-state index contributed by atoms with van der Waals surface area (Å²) in [6.45, 7) is 6.55. The summed E-state index contributed by atoms with van der Waals surface area (Å²) in [5, 5.41) is 3.29. The average Bonchev–Trinajstić information content (AvgIpc) is 2.41. The van der Waals surface area contributed by atoms with Crippen LogP contribution in [0.15, 0.2) is 18.2 Å². The van der Waals surface area contributed by atoms with E-state index in [9.17, 15) is 4.39 Å². The number of halogens is 1. The highest BCUT2D eigenvalue weighted by Gasteiger charge is 2.11. The molecule has 1 aromatic carbocycles. The first-order chi connectivity index (χ1) is 9.54. The zero-order chi connectivity index (χ0) is 15.0. The van der Waals surface area contributed by atoms with Gasteiger partial charge in [0.25, 0.3) is 0 Å². The van der Waals surface area contributed by atoms with E-state index in [0.717, 1.165) is 25.9 Å². The van der Waals surface area contributed by atoms with Gasteiger partial charge in [-0.1, -0.05) is 13.0 Å². The first-order valence-electron chi connectivity index (χ1n) is 7.35. The van der Waals surface area contributed by atoms with E-state index in [2.05, 4.69) is 17.1 Å². The van der Waals surface area contributed by atoms with Crippen LogP contribution in [0.4, 0.5) is 4.39 Å². The van der Waals surface area contributed by atoms with Gasteiger partial charge in [0, 0.05) is 24.2 Å². The van der Waals surface area contributed by atoms with Gasteiger partial charge < -0.3 is 15.0 Å². The second-order valence-electron chi connectivity index (χ2n) is 5.36. The van der Waals surface area contributed by atoms with Crippen molar-refractivity contribution >= 4 is 0 Å². The summed E-state index contributed by atoms with van der Waals surface area (Å²) in [4.78, 5) is 2.11. The molecule has 0 spiro atoms. The Hall–Kier alpha value is -1.13. The molecular formula is C16H27FN2O. The summed E-state index contributed by atoms with van der Waals surface area (Å²) in [6, 6.07) is 5.16. The van der Waals surface area contributed by atoms with Gasteiger partial charge in [0.2, 0.25) is 0 Å². The van der Waals surface area contributed by atoms with Crippen molar-refractivity contribution in [1.29, 1.82) is 0 Å². The SMILES string of the molecule is CCCNC(C)c1ccc(OCCCN(C)C)cc1F. The van der Waals surface area contributed by atoms with Gasteiger partial charge in [0.1, 0.15) is 11.6 Å². The maximum Gasteiger partial charge on any atom is 0.131 e. The van der Waals surface area contributed by atoms with E-state index in [0.29, 0.717) is 17.9 Å². The Balaban J connectivity index is 2.50. The third-order valence-corrected chi connectivity index (χ3v) is 3.16. The number of rotatable bonds is 9. The topological polar surface area (TPSA) is 24.5 Å². The van der Waals surface area contributed by atoms with Gasteiger partial charge in [0.15, 0.2) is 0 Å². The molecule has 0 aliphatic carbocycles. The summed E-state index contributed by atoms with van der Waals surface area (Å²) in [6.07, 6.45) is 1.98. The van der Waals surface area contributed by atoms with E-state index in [-0.39, 0.29) is 11.9 Å². The van der Waals surface area contributed by atoms with Crippen LogP contribution in [0.3, 0.4) is 0 Å². The highest BCUT2D eigenvalue weighted by molar-refractivity contribution is 5.30. The van der Waals surface area contributed by atoms with Crippen LogP contribution in [0.1, 0.15) is 38.3 Å². The van der Waals surface area contributed by atoms with E-state index in [1.165, 1.54) is 6.07 Å². The van der Waals surface area contributed by atoms with Crippen molar-refractivity contribution in [3.8, 4) is 5.75 Å². The molecule has 0 aromatic heterocycles. The van der Waals surface area contributed by atoms with Crippen LogP contribution < -0.4 is 10.1 Å². The molecule has 20 heavy (non-hydrogen) atoms. The Morgan fingerprint density at radius 1 is 1.35 bits per heavy atom. The van der Waals surface area contributed by atoms with Crippen molar-refractivity contribution in [3.05, 3.63) is 29.6 Å². The fourth-order valence-electron chi connectivity index (χ4n) is 1.99. The molecule has 0 amide bonds. The van der Waals surface area contributed by atoms with Crippen LogP contribution >= 0.6 is 0 Å². The minimum Gasteiger partial charge on any atom is -0.493 e. The molecule has 0 radical (unpaired) electrons. The molecular weight excluding hydrogens is 255 g/mol. The predicted molar refractivity (Wildman–Crippen MR) is 81.8 cm³/mol. The zero-order valence-electron chi connectivity index (χ0n) is 13.1. The number of ether oxygens (including phenoxy) is 1. The third-order valence-electron chi connectivity index (χ3n) is 3.16. The van der Waals surface area contributed by atoms with E-state index < -0.39 is 0 Å². The average molecular weight is 282 g/mol. The lowest BCUT2D eigenvalue weighted by molar-refractivity contribution is 0.280. The van der Waals surface area contributed by atoms with Gasteiger partial charge in [-0.3, -0.25) is 0 Å². The number of benzene rings is 1. The normalized spacial score (nSPS) is 12.7. The van der Waals surface area contributed by atoms with Crippen molar-refractivity contribution in [1.82, 2.24) is 10.2 Å². The molecule has 114 valence electrons. The van der Waals surface area contributed by atoms with Gasteiger partial charge in [-0.2, -0.15) is 0 Å². The smallest absolute Gasteiger partial charge is 0.131 e. The molecule has 0 saturated heterocycles. The zero-order valence-corrected chi connectivity index (χ0v) is 13.1. The third kappa shape index (κ3) is 5.88. The van der Waals surface area contributed by atoms with E-state index in [1.807, 2.05) is 33.2 Å². The van der Waals surface area contributed by atoms with Crippen molar-refractivity contribution in [2.24, 2.45) is 0 Å². The predicted octanol–water partition coefficient (Wildman–Crippen LogP) is 3.22. The van der Waals surface area contributed by atoms with Gasteiger partial charge in [0.05, 0.1) is 6.61 Å². The fraction of sp³-hybridized carbons (Fsp3) is 0.625. The Kier molecular flexibility index (Phi) is 7.55. The maximum atomic E-state index is 14.0. The molecule has 1 rings (SSSR count). The minimum absolute atomic E-state index is 0.0257. The molecule has 0 heterocycles. The molecule has 3 nitrogen and oxygen atoms in total. The number of nitrogens with zero attached hydrogens (tertiary/aromatic N) is 1. The lowest BCUT2D eigenvalue weighted by Gasteiger charge is -2.15. The van der Waals surface area contributed by atoms with Crippen LogP contribution in [0.2, 0.25) is 0 Å². The van der Waals surface area contributed by atoms with Crippen LogP contribution in [-0.4, -0.2) is 38.7 Å². The lowest BCUT2D eigenvalue weighted by atomic mass is 10.1. The molecule has 0 fully saturated rings. The quantitative estimate of drug-likeness (QED) is 0.704. The first-order valence-corrected chi connectivity index (χ1v) is 7.35. The molecule has 0 bridgehead atoms. The van der Waals surface area contributed by atoms with E-state index in [1.54, 1.807) is 0 Å². The van der Waals surface area contributed by atoms with Crippen LogP contribution in [-0.2, 0) is 0 Å². The van der Waals surface area contributed by atoms with Crippen molar-refractivity contribution < 1.29 is 9.13 Å². The number of nitrogens with one attached hydrogen (secondary N) is 1. The second-order valence-corrected chi connectivity index (χ2v) is 5.36. The van der Waals surface area contributed by atoms with E-state index >= 15 is 0 Å². The van der Waals surface area contributed by atoms with E-state index in [4.69, 9.17) is 4.74 Å². The molecule has 1 aromatic rings.